The van der Waals surface area contributed by atoms with Crippen LogP contribution in [0.1, 0.15) is 19.0 Å². The van der Waals surface area contributed by atoms with Gasteiger partial charge in [-0.1, -0.05) is 0 Å². The molecule has 5 heteroatoms. The monoisotopic (exact) mass is 236 g/mol. The Morgan fingerprint density at radius 3 is 3.24 bits per heavy atom. The minimum absolute atomic E-state index is 0.0733. The Hall–Kier alpha value is -1.78. The van der Waals surface area contributed by atoms with Crippen molar-refractivity contribution in [3.05, 3.63) is 17.8 Å². The molecule has 0 bridgehead atoms. The zero-order valence-corrected chi connectivity index (χ0v) is 10.0. The largest absolute Gasteiger partial charge is 0.488 e. The quantitative estimate of drug-likeness (QED) is 0.806. The third-order valence-electron chi connectivity index (χ3n) is 2.50. The fourth-order valence-corrected chi connectivity index (χ4v) is 1.72. The molecule has 1 aromatic rings. The summed E-state index contributed by atoms with van der Waals surface area (Å²) in [4.78, 5) is 15.7. The van der Waals surface area contributed by atoms with Gasteiger partial charge in [-0.05, 0) is 26.0 Å². The molecule has 17 heavy (non-hydrogen) atoms. The predicted octanol–water partition coefficient (Wildman–Crippen LogP) is 1.52. The molecular weight excluding hydrogens is 220 g/mol. The summed E-state index contributed by atoms with van der Waals surface area (Å²) in [7, 11) is 0. The predicted molar refractivity (Wildman–Crippen MR) is 63.1 cm³/mol. The minimum atomic E-state index is -0.218. The van der Waals surface area contributed by atoms with Gasteiger partial charge in [0.25, 0.3) is 0 Å². The number of fused-ring (bicyclic) bond motifs is 1. The van der Waals surface area contributed by atoms with Gasteiger partial charge in [0.15, 0.2) is 11.6 Å². The third-order valence-corrected chi connectivity index (χ3v) is 2.50. The topological polar surface area (TPSA) is 60.5 Å². The van der Waals surface area contributed by atoms with Crippen LogP contribution in [0.4, 0.5) is 5.82 Å². The second-order valence-electron chi connectivity index (χ2n) is 3.96. The summed E-state index contributed by atoms with van der Waals surface area (Å²) in [6.07, 6.45) is 0.295. The molecule has 2 heterocycles. The standard InChI is InChI=1S/C12H16N2O3/c1-3-16-11(15)6-9-7-17-10-5-4-8(2)13-12(10)14-9/h4-5,9H,3,6-7H2,1-2H3,(H,13,14). The molecule has 0 saturated carbocycles. The number of anilines is 1. The molecule has 0 fully saturated rings. The molecule has 92 valence electrons. The van der Waals surface area contributed by atoms with Crippen LogP contribution in [0, 0.1) is 6.92 Å². The third kappa shape index (κ3) is 2.87. The molecular formula is C12H16N2O3. The SMILES string of the molecule is CCOC(=O)CC1COc2ccc(C)nc2N1. The van der Waals surface area contributed by atoms with E-state index in [1.165, 1.54) is 0 Å². The average molecular weight is 236 g/mol. The first-order valence-corrected chi connectivity index (χ1v) is 5.71. The highest BCUT2D eigenvalue weighted by Crippen LogP contribution is 2.27. The van der Waals surface area contributed by atoms with E-state index in [1.54, 1.807) is 6.92 Å². The first-order valence-electron chi connectivity index (χ1n) is 5.71. The van der Waals surface area contributed by atoms with Crippen LogP contribution in [-0.4, -0.2) is 30.2 Å². The zero-order chi connectivity index (χ0) is 12.3. The number of hydrogen-bond donors (Lipinski definition) is 1. The number of esters is 1. The van der Waals surface area contributed by atoms with E-state index >= 15 is 0 Å². The van der Waals surface area contributed by atoms with Gasteiger partial charge < -0.3 is 14.8 Å². The maximum Gasteiger partial charge on any atom is 0.307 e. The van der Waals surface area contributed by atoms with E-state index in [1.807, 2.05) is 19.1 Å². The van der Waals surface area contributed by atoms with E-state index < -0.39 is 0 Å². The summed E-state index contributed by atoms with van der Waals surface area (Å²) < 4.78 is 10.4. The number of aromatic nitrogens is 1. The second kappa shape index (κ2) is 5.03. The van der Waals surface area contributed by atoms with Crippen molar-refractivity contribution in [1.29, 1.82) is 0 Å². The van der Waals surface area contributed by atoms with Gasteiger partial charge in [-0.25, -0.2) is 4.98 Å². The maximum atomic E-state index is 11.4. The Bertz CT molecular complexity index is 420. The number of carbonyl (C=O) groups excluding carboxylic acids is 1. The number of pyridine rings is 1. The Balaban J connectivity index is 2.00. The van der Waals surface area contributed by atoms with Crippen LogP contribution in [-0.2, 0) is 9.53 Å². The van der Waals surface area contributed by atoms with Crippen LogP contribution in [0.25, 0.3) is 0 Å². The Labute approximate surface area is 100 Å². The Morgan fingerprint density at radius 2 is 2.47 bits per heavy atom. The Morgan fingerprint density at radius 1 is 1.65 bits per heavy atom. The van der Waals surface area contributed by atoms with E-state index in [-0.39, 0.29) is 12.0 Å². The molecule has 2 rings (SSSR count). The summed E-state index contributed by atoms with van der Waals surface area (Å²) in [5.41, 5.74) is 0.914. The van der Waals surface area contributed by atoms with Crippen molar-refractivity contribution in [3.8, 4) is 5.75 Å². The molecule has 1 N–H and O–H groups in total. The average Bonchev–Trinajstić information content (AvgIpc) is 2.28. The number of aryl methyl sites for hydroxylation is 1. The maximum absolute atomic E-state index is 11.4. The lowest BCUT2D eigenvalue weighted by molar-refractivity contribution is -0.143. The van der Waals surface area contributed by atoms with Crippen LogP contribution in [0.15, 0.2) is 12.1 Å². The van der Waals surface area contributed by atoms with E-state index in [4.69, 9.17) is 9.47 Å². The van der Waals surface area contributed by atoms with E-state index in [0.717, 1.165) is 11.4 Å². The van der Waals surface area contributed by atoms with Crippen molar-refractivity contribution in [1.82, 2.24) is 4.98 Å². The molecule has 1 atom stereocenters. The molecule has 1 aromatic heterocycles. The first kappa shape index (κ1) is 11.7. The van der Waals surface area contributed by atoms with Crippen molar-refractivity contribution >= 4 is 11.8 Å². The fourth-order valence-electron chi connectivity index (χ4n) is 1.72. The normalized spacial score (nSPS) is 17.6. The van der Waals surface area contributed by atoms with Gasteiger partial charge in [0.1, 0.15) is 6.61 Å². The lowest BCUT2D eigenvalue weighted by Gasteiger charge is -2.26. The van der Waals surface area contributed by atoms with E-state index in [0.29, 0.717) is 25.5 Å². The van der Waals surface area contributed by atoms with Gasteiger partial charge in [-0.15, -0.1) is 0 Å². The molecule has 1 unspecified atom stereocenters. The summed E-state index contributed by atoms with van der Waals surface area (Å²) in [5, 5.41) is 3.19. The van der Waals surface area contributed by atoms with Gasteiger partial charge in [0, 0.05) is 5.69 Å². The van der Waals surface area contributed by atoms with Crippen LogP contribution in [0.2, 0.25) is 0 Å². The number of carbonyl (C=O) groups is 1. The lowest BCUT2D eigenvalue weighted by atomic mass is 10.2. The highest BCUT2D eigenvalue weighted by Gasteiger charge is 2.22. The highest BCUT2D eigenvalue weighted by molar-refractivity contribution is 5.71. The molecule has 0 amide bonds. The number of ether oxygens (including phenoxy) is 2. The molecule has 5 nitrogen and oxygen atoms in total. The first-order chi connectivity index (χ1) is 8.19. The number of nitrogens with one attached hydrogen (secondary N) is 1. The van der Waals surface area contributed by atoms with Gasteiger partial charge in [-0.2, -0.15) is 0 Å². The van der Waals surface area contributed by atoms with Crippen molar-refractivity contribution in [2.45, 2.75) is 26.3 Å². The Kier molecular flexibility index (Phi) is 3.46. The molecule has 1 aliphatic heterocycles. The van der Waals surface area contributed by atoms with E-state index in [2.05, 4.69) is 10.3 Å². The zero-order valence-electron chi connectivity index (χ0n) is 10.0. The van der Waals surface area contributed by atoms with Gasteiger partial charge in [-0.3, -0.25) is 4.79 Å². The summed E-state index contributed by atoms with van der Waals surface area (Å²) >= 11 is 0. The van der Waals surface area contributed by atoms with Gasteiger partial charge >= 0.3 is 5.97 Å². The second-order valence-corrected chi connectivity index (χ2v) is 3.96. The molecule has 1 aliphatic rings. The van der Waals surface area contributed by atoms with Crippen molar-refractivity contribution < 1.29 is 14.3 Å². The summed E-state index contributed by atoms with van der Waals surface area (Å²) in [5.74, 6) is 1.21. The summed E-state index contributed by atoms with van der Waals surface area (Å²) in [6.45, 7) is 4.57. The van der Waals surface area contributed by atoms with Gasteiger partial charge in [0.2, 0.25) is 0 Å². The fraction of sp³-hybridized carbons (Fsp3) is 0.500. The minimum Gasteiger partial charge on any atom is -0.488 e. The van der Waals surface area contributed by atoms with Crippen LogP contribution >= 0.6 is 0 Å². The van der Waals surface area contributed by atoms with Gasteiger partial charge in [0.05, 0.1) is 19.1 Å². The van der Waals surface area contributed by atoms with Crippen LogP contribution < -0.4 is 10.1 Å². The summed E-state index contributed by atoms with van der Waals surface area (Å²) in [6, 6.07) is 3.70. The van der Waals surface area contributed by atoms with E-state index in [9.17, 15) is 4.79 Å². The van der Waals surface area contributed by atoms with Crippen LogP contribution in [0.3, 0.4) is 0 Å². The molecule has 0 aliphatic carbocycles. The molecule has 0 radical (unpaired) electrons. The van der Waals surface area contributed by atoms with Crippen LogP contribution in [0.5, 0.6) is 5.75 Å². The number of rotatable bonds is 3. The lowest BCUT2D eigenvalue weighted by Crippen LogP contribution is -2.34. The van der Waals surface area contributed by atoms with Crippen molar-refractivity contribution in [2.24, 2.45) is 0 Å². The van der Waals surface area contributed by atoms with Crippen molar-refractivity contribution in [2.75, 3.05) is 18.5 Å². The molecule has 0 aromatic carbocycles. The molecule has 0 saturated heterocycles. The smallest absolute Gasteiger partial charge is 0.307 e. The number of hydrogen-bond acceptors (Lipinski definition) is 5. The number of nitrogens with zero attached hydrogens (tertiary/aromatic N) is 1. The molecule has 0 spiro atoms. The highest BCUT2D eigenvalue weighted by atomic mass is 16.5. The van der Waals surface area contributed by atoms with Crippen molar-refractivity contribution in [3.63, 3.8) is 0 Å².